The number of hydrogen-bond donors (Lipinski definition) is 2. The number of hydrogen-bond acceptors (Lipinski definition) is 7. The Labute approximate surface area is 234 Å². The molecule has 2 amide bonds. The van der Waals surface area contributed by atoms with E-state index in [0.29, 0.717) is 22.0 Å². The molecule has 0 bridgehead atoms. The van der Waals surface area contributed by atoms with Crippen LogP contribution < -0.4 is 10.3 Å². The molecule has 0 saturated heterocycles. The number of anilines is 2. The van der Waals surface area contributed by atoms with Crippen LogP contribution in [0.1, 0.15) is 17.3 Å². The van der Waals surface area contributed by atoms with E-state index in [4.69, 9.17) is 11.6 Å². The minimum Gasteiger partial charge on any atom is -0.322 e. The molecule has 1 atom stereocenters. The molecule has 3 aromatic rings. The van der Waals surface area contributed by atoms with E-state index in [-0.39, 0.29) is 40.9 Å². The second-order valence-corrected chi connectivity index (χ2v) is 9.24. The minimum absolute atomic E-state index is 0. The Kier molecular flexibility index (Phi) is 8.77. The number of halogens is 1. The van der Waals surface area contributed by atoms with Crippen molar-refractivity contribution in [3.63, 3.8) is 0 Å². The second-order valence-electron chi connectivity index (χ2n) is 7.44. The van der Waals surface area contributed by atoms with Crippen molar-refractivity contribution < 1.29 is 22.6 Å². The van der Waals surface area contributed by atoms with Gasteiger partial charge in [0.05, 0.1) is 16.4 Å². The Hall–Kier alpha value is -2.93. The summed E-state index contributed by atoms with van der Waals surface area (Å²) in [5, 5.41) is 16.1. The third kappa shape index (κ3) is 6.06. The van der Waals surface area contributed by atoms with Crippen molar-refractivity contribution in [1.82, 2.24) is 0 Å². The first kappa shape index (κ1) is 27.7. The average Bonchev–Trinajstić information content (AvgIpc) is 3.10. The summed E-state index contributed by atoms with van der Waals surface area (Å²) in [7, 11) is -4.67. The van der Waals surface area contributed by atoms with E-state index in [0.717, 1.165) is 11.1 Å². The van der Waals surface area contributed by atoms with Crippen molar-refractivity contribution in [2.24, 2.45) is 15.3 Å². The van der Waals surface area contributed by atoms with Gasteiger partial charge in [0.2, 0.25) is 0 Å². The molecule has 4 rings (SSSR count). The van der Waals surface area contributed by atoms with E-state index >= 15 is 0 Å². The fourth-order valence-corrected chi connectivity index (χ4v) is 4.11. The van der Waals surface area contributed by atoms with Gasteiger partial charge in [0, 0.05) is 40.8 Å². The number of azo groups is 1. The maximum absolute atomic E-state index is 12.9. The molecule has 10 nitrogen and oxygen atoms in total. The van der Waals surface area contributed by atoms with E-state index in [1.807, 2.05) is 0 Å². The first-order valence-corrected chi connectivity index (χ1v) is 12.0. The van der Waals surface area contributed by atoms with Gasteiger partial charge < -0.3 is 5.32 Å². The Bertz CT molecular complexity index is 1480. The Morgan fingerprint density at radius 2 is 1.75 bits per heavy atom. The number of rotatable bonds is 6. The molecule has 2 N–H and O–H groups in total. The molecule has 179 valence electrons. The van der Waals surface area contributed by atoms with Gasteiger partial charge in [-0.1, -0.05) is 41.9 Å². The number of nitrogens with zero attached hydrogens (tertiary/aromatic N) is 4. The fourth-order valence-electron chi connectivity index (χ4n) is 3.29. The zero-order valence-electron chi connectivity index (χ0n) is 19.2. The Morgan fingerprint density at radius 1 is 1.08 bits per heavy atom. The van der Waals surface area contributed by atoms with Crippen LogP contribution in [0.5, 0.6) is 0 Å². The fraction of sp³-hybridized carbons (Fsp3) is 0.0870. The molecule has 0 aromatic heterocycles. The van der Waals surface area contributed by atoms with Crippen LogP contribution in [0, 0.1) is 0 Å². The summed E-state index contributed by atoms with van der Waals surface area (Å²) in [5.41, 5.74) is 0.995. The van der Waals surface area contributed by atoms with E-state index in [1.54, 1.807) is 61.5 Å². The van der Waals surface area contributed by atoms with E-state index in [9.17, 15) is 22.6 Å². The minimum atomic E-state index is -4.67. The number of carbonyl (C=O) groups excluding carboxylic acids is 2. The topological polar surface area (TPSA) is 141 Å². The van der Waals surface area contributed by atoms with Crippen molar-refractivity contribution in [2.45, 2.75) is 17.9 Å². The standard InChI is InChI=1S/C23H18ClN5O5S.Na/c1-14-21(23(31)29(28-14)19-10-6-5-9-17(19)24)27-26-18-13-16(11-12-20(18)35(32,33)34)25-22(30)15-7-3-2-4-8-15;/h2-13,21H,1H3,(H,25,30)(H,32,33,34);. The molecule has 3 aromatic carbocycles. The maximum atomic E-state index is 12.9. The number of para-hydroxylation sites is 1. The van der Waals surface area contributed by atoms with Crippen LogP contribution >= 0.6 is 11.6 Å². The second kappa shape index (κ2) is 11.4. The summed E-state index contributed by atoms with van der Waals surface area (Å²) in [6.07, 6.45) is 0. The molecular weight excluding hydrogens is 517 g/mol. The molecule has 1 heterocycles. The van der Waals surface area contributed by atoms with Crippen molar-refractivity contribution in [1.29, 1.82) is 0 Å². The van der Waals surface area contributed by atoms with Gasteiger partial charge in [-0.3, -0.25) is 14.1 Å². The van der Waals surface area contributed by atoms with E-state index in [2.05, 4.69) is 20.6 Å². The van der Waals surface area contributed by atoms with Crippen LogP contribution in [0.4, 0.5) is 17.1 Å². The summed E-state index contributed by atoms with van der Waals surface area (Å²) in [5.74, 6) is -0.973. The summed E-state index contributed by atoms with van der Waals surface area (Å²) >= 11 is 6.17. The van der Waals surface area contributed by atoms with Gasteiger partial charge in [-0.05, 0) is 49.4 Å². The molecule has 36 heavy (non-hydrogen) atoms. The quantitative estimate of drug-likeness (QED) is 0.275. The third-order valence-corrected chi connectivity index (χ3v) is 6.21. The summed E-state index contributed by atoms with van der Waals surface area (Å²) in [6, 6.07) is 17.5. The number of nitrogens with one attached hydrogen (secondary N) is 1. The van der Waals surface area contributed by atoms with Gasteiger partial charge in [-0.15, -0.1) is 0 Å². The average molecular weight is 535 g/mol. The van der Waals surface area contributed by atoms with E-state index < -0.39 is 32.9 Å². The summed E-state index contributed by atoms with van der Waals surface area (Å²) in [4.78, 5) is 24.8. The van der Waals surface area contributed by atoms with Gasteiger partial charge >= 0.3 is 0 Å². The molecule has 0 fully saturated rings. The number of carbonyl (C=O) groups is 2. The molecule has 0 spiro atoms. The third-order valence-electron chi connectivity index (χ3n) is 4.99. The Balaban J connectivity index is 0.00000361. The molecule has 13 heteroatoms. The van der Waals surface area contributed by atoms with E-state index in [1.165, 1.54) is 12.1 Å². The van der Waals surface area contributed by atoms with Crippen molar-refractivity contribution in [3.8, 4) is 0 Å². The number of amides is 2. The van der Waals surface area contributed by atoms with Crippen LogP contribution in [0.2, 0.25) is 5.02 Å². The molecule has 1 radical (unpaired) electrons. The van der Waals surface area contributed by atoms with Crippen LogP contribution in [-0.2, 0) is 14.9 Å². The number of hydrazone groups is 1. The summed E-state index contributed by atoms with van der Waals surface area (Å²) in [6.45, 7) is 1.57. The number of benzene rings is 3. The summed E-state index contributed by atoms with van der Waals surface area (Å²) < 4.78 is 33.3. The molecule has 0 saturated carbocycles. The molecule has 1 aliphatic heterocycles. The first-order valence-electron chi connectivity index (χ1n) is 10.2. The van der Waals surface area contributed by atoms with Crippen LogP contribution in [-0.4, -0.2) is 66.1 Å². The normalized spacial score (nSPS) is 15.5. The van der Waals surface area contributed by atoms with Gasteiger partial charge in [0.25, 0.3) is 21.9 Å². The van der Waals surface area contributed by atoms with Crippen LogP contribution in [0.15, 0.2) is 93.0 Å². The van der Waals surface area contributed by atoms with Gasteiger partial charge in [0.1, 0.15) is 10.6 Å². The molecular formula is C23H18ClN5NaO5S. The van der Waals surface area contributed by atoms with Crippen molar-refractivity contribution in [2.75, 3.05) is 10.3 Å². The van der Waals surface area contributed by atoms with Gasteiger partial charge in [-0.2, -0.15) is 28.8 Å². The SMILES string of the molecule is CC1=NN(c2ccccc2Cl)C(=O)C1N=Nc1cc(NC(=O)c2ccccc2)ccc1S(=O)(=O)O.[Na]. The van der Waals surface area contributed by atoms with Gasteiger partial charge in [0.15, 0.2) is 6.04 Å². The molecule has 0 aliphatic carbocycles. The molecule has 1 unspecified atom stereocenters. The largest absolute Gasteiger partial charge is 0.322 e. The smallest absolute Gasteiger partial charge is 0.296 e. The zero-order valence-corrected chi connectivity index (χ0v) is 22.7. The monoisotopic (exact) mass is 534 g/mol. The van der Waals surface area contributed by atoms with Crippen molar-refractivity contribution in [3.05, 3.63) is 83.4 Å². The van der Waals surface area contributed by atoms with Crippen molar-refractivity contribution >= 4 is 85.9 Å². The van der Waals surface area contributed by atoms with Gasteiger partial charge in [-0.25, -0.2) is 0 Å². The zero-order chi connectivity index (χ0) is 25.2. The first-order chi connectivity index (χ1) is 16.6. The molecule has 1 aliphatic rings. The predicted octanol–water partition coefficient (Wildman–Crippen LogP) is 4.33. The van der Waals surface area contributed by atoms with Crippen LogP contribution in [0.25, 0.3) is 0 Å². The Morgan fingerprint density at radius 3 is 2.42 bits per heavy atom. The maximum Gasteiger partial charge on any atom is 0.296 e. The van der Waals surface area contributed by atoms with Crippen LogP contribution in [0.3, 0.4) is 0 Å². The predicted molar refractivity (Wildman–Crippen MR) is 137 cm³/mol.